The van der Waals surface area contributed by atoms with Crippen LogP contribution in [0.5, 0.6) is 0 Å². The zero-order valence-electron chi connectivity index (χ0n) is 11.2. The van der Waals surface area contributed by atoms with Crippen LogP contribution in [0.1, 0.15) is 26.7 Å². The van der Waals surface area contributed by atoms with Gasteiger partial charge in [0.2, 0.25) is 5.91 Å². The van der Waals surface area contributed by atoms with E-state index in [1.807, 2.05) is 13.8 Å². The average Bonchev–Trinajstić information content (AvgIpc) is 2.83. The Morgan fingerprint density at radius 2 is 2.10 bits per heavy atom. The molecule has 0 atom stereocenters. The van der Waals surface area contributed by atoms with Crippen molar-refractivity contribution in [2.75, 3.05) is 0 Å². The van der Waals surface area contributed by atoms with E-state index in [4.69, 9.17) is 0 Å². The summed E-state index contributed by atoms with van der Waals surface area (Å²) in [4.78, 5) is 11.7. The van der Waals surface area contributed by atoms with Gasteiger partial charge in [-0.1, -0.05) is 19.9 Å². The number of fused-ring (bicyclic) bond motifs is 1. The van der Waals surface area contributed by atoms with Crippen molar-refractivity contribution in [1.29, 1.82) is 0 Å². The van der Waals surface area contributed by atoms with E-state index >= 15 is 0 Å². The Bertz CT molecular complexity index is 722. The van der Waals surface area contributed by atoms with E-state index in [9.17, 15) is 13.2 Å². The highest BCUT2D eigenvalue weighted by Gasteiger charge is 2.21. The molecule has 2 rings (SSSR count). The summed E-state index contributed by atoms with van der Waals surface area (Å²) < 4.78 is 34.4. The summed E-state index contributed by atoms with van der Waals surface area (Å²) in [6, 6.07) is 4.68. The fourth-order valence-electron chi connectivity index (χ4n) is 1.67. The minimum absolute atomic E-state index is 0.0124. The van der Waals surface area contributed by atoms with Gasteiger partial charge in [-0.05, 0) is 24.5 Å². The van der Waals surface area contributed by atoms with Gasteiger partial charge >= 0.3 is 0 Å². The Balaban J connectivity index is 2.22. The first-order valence-corrected chi connectivity index (χ1v) is 8.38. The summed E-state index contributed by atoms with van der Waals surface area (Å²) in [5.41, 5.74) is 0.800. The molecule has 8 heteroatoms. The fourth-order valence-corrected chi connectivity index (χ4v) is 3.46. The Kier molecular flexibility index (Phi) is 4.34. The van der Waals surface area contributed by atoms with Crippen molar-refractivity contribution in [3.05, 3.63) is 18.2 Å². The molecule has 1 N–H and O–H groups in total. The summed E-state index contributed by atoms with van der Waals surface area (Å²) in [5, 5.41) is 0. The number of benzene rings is 1. The van der Waals surface area contributed by atoms with Gasteiger partial charge in [-0.25, -0.2) is 13.1 Å². The number of nitrogens with one attached hydrogen (secondary N) is 1. The molecule has 1 heterocycles. The van der Waals surface area contributed by atoms with Crippen LogP contribution in [0.4, 0.5) is 0 Å². The third-order valence-corrected chi connectivity index (χ3v) is 4.68. The molecule has 0 saturated carbocycles. The van der Waals surface area contributed by atoms with Crippen LogP contribution in [0.25, 0.3) is 11.0 Å². The van der Waals surface area contributed by atoms with Gasteiger partial charge in [0.25, 0.3) is 10.0 Å². The standard InChI is InChI=1S/C12H15N3O3S2/c1-8(2)6-7-11(16)15-20(17,18)10-5-3-4-9-12(10)14-19-13-9/h3-5,8H,6-7H2,1-2H3,(H,15,16). The molecule has 0 aliphatic carbocycles. The predicted octanol–water partition coefficient (Wildman–Crippen LogP) is 1.93. The Hall–Kier alpha value is -1.54. The highest BCUT2D eigenvalue weighted by molar-refractivity contribution is 7.90. The molecule has 2 aromatic rings. The fraction of sp³-hybridized carbons (Fsp3) is 0.417. The molecule has 0 aliphatic heterocycles. The van der Waals surface area contributed by atoms with Crippen molar-refractivity contribution in [2.45, 2.75) is 31.6 Å². The van der Waals surface area contributed by atoms with Crippen LogP contribution in [-0.2, 0) is 14.8 Å². The van der Waals surface area contributed by atoms with Crippen molar-refractivity contribution < 1.29 is 13.2 Å². The van der Waals surface area contributed by atoms with Gasteiger partial charge in [-0.3, -0.25) is 4.79 Å². The maximum atomic E-state index is 12.2. The molecule has 1 amide bonds. The number of nitrogens with zero attached hydrogens (tertiary/aromatic N) is 2. The first-order chi connectivity index (χ1) is 9.40. The number of rotatable bonds is 5. The minimum Gasteiger partial charge on any atom is -0.274 e. The van der Waals surface area contributed by atoms with Gasteiger partial charge in [0.1, 0.15) is 15.9 Å². The number of sulfonamides is 1. The third-order valence-electron chi connectivity index (χ3n) is 2.74. The third kappa shape index (κ3) is 3.31. The van der Waals surface area contributed by atoms with Crippen LogP contribution < -0.4 is 4.72 Å². The lowest BCUT2D eigenvalue weighted by Crippen LogP contribution is -2.30. The molecule has 0 unspecified atom stereocenters. The van der Waals surface area contributed by atoms with E-state index in [1.165, 1.54) is 6.07 Å². The van der Waals surface area contributed by atoms with Gasteiger partial charge in [-0.2, -0.15) is 8.75 Å². The molecule has 6 nitrogen and oxygen atoms in total. The molecule has 1 aromatic carbocycles. The molecule has 0 fully saturated rings. The van der Waals surface area contributed by atoms with Gasteiger partial charge in [0.15, 0.2) is 0 Å². The molecule has 0 saturated heterocycles. The number of carbonyl (C=O) groups is 1. The lowest BCUT2D eigenvalue weighted by atomic mass is 10.1. The smallest absolute Gasteiger partial charge is 0.266 e. The van der Waals surface area contributed by atoms with Crippen molar-refractivity contribution in [3.63, 3.8) is 0 Å². The Morgan fingerprint density at radius 1 is 1.35 bits per heavy atom. The summed E-state index contributed by atoms with van der Waals surface area (Å²) >= 11 is 0.939. The molecule has 1 aromatic heterocycles. The topological polar surface area (TPSA) is 89.0 Å². The molecule has 20 heavy (non-hydrogen) atoms. The first kappa shape index (κ1) is 14.9. The van der Waals surface area contributed by atoms with E-state index in [1.54, 1.807) is 12.1 Å². The number of hydrogen-bond donors (Lipinski definition) is 1. The van der Waals surface area contributed by atoms with Crippen LogP contribution in [0.3, 0.4) is 0 Å². The van der Waals surface area contributed by atoms with Crippen LogP contribution in [0, 0.1) is 5.92 Å². The number of aromatic nitrogens is 2. The lowest BCUT2D eigenvalue weighted by Gasteiger charge is -2.08. The van der Waals surface area contributed by atoms with Gasteiger partial charge in [-0.15, -0.1) is 0 Å². The van der Waals surface area contributed by atoms with Gasteiger partial charge in [0.05, 0.1) is 11.7 Å². The highest BCUT2D eigenvalue weighted by Crippen LogP contribution is 2.20. The number of amides is 1. The van der Waals surface area contributed by atoms with E-state index in [-0.39, 0.29) is 11.3 Å². The maximum Gasteiger partial charge on any atom is 0.266 e. The summed E-state index contributed by atoms with van der Waals surface area (Å²) in [7, 11) is -3.90. The Morgan fingerprint density at radius 3 is 2.80 bits per heavy atom. The molecular formula is C12H15N3O3S2. The second kappa shape index (κ2) is 5.84. The Labute approximate surface area is 121 Å². The second-order valence-electron chi connectivity index (χ2n) is 4.85. The quantitative estimate of drug-likeness (QED) is 0.911. The molecular weight excluding hydrogens is 298 g/mol. The summed E-state index contributed by atoms with van der Waals surface area (Å²) in [6.45, 7) is 3.95. The van der Waals surface area contributed by atoms with E-state index < -0.39 is 15.9 Å². The van der Waals surface area contributed by atoms with Gasteiger partial charge < -0.3 is 0 Å². The summed E-state index contributed by atoms with van der Waals surface area (Å²) in [5.74, 6) is -0.159. The van der Waals surface area contributed by atoms with Crippen LogP contribution in [-0.4, -0.2) is 23.1 Å². The largest absolute Gasteiger partial charge is 0.274 e. The van der Waals surface area contributed by atoms with Gasteiger partial charge in [0, 0.05) is 6.42 Å². The number of carbonyl (C=O) groups excluding carboxylic acids is 1. The van der Waals surface area contributed by atoms with E-state index in [0.717, 1.165) is 11.7 Å². The molecule has 0 spiro atoms. The van der Waals surface area contributed by atoms with E-state index in [0.29, 0.717) is 23.4 Å². The van der Waals surface area contributed by atoms with Crippen molar-refractivity contribution in [1.82, 2.24) is 13.5 Å². The van der Waals surface area contributed by atoms with Crippen molar-refractivity contribution >= 4 is 38.7 Å². The SMILES string of the molecule is CC(C)CCC(=O)NS(=O)(=O)c1cccc2nsnc12. The summed E-state index contributed by atoms with van der Waals surface area (Å²) in [6.07, 6.45) is 0.825. The van der Waals surface area contributed by atoms with Crippen LogP contribution in [0.15, 0.2) is 23.1 Å². The first-order valence-electron chi connectivity index (χ1n) is 6.17. The molecule has 108 valence electrons. The lowest BCUT2D eigenvalue weighted by molar-refractivity contribution is -0.119. The van der Waals surface area contributed by atoms with Crippen molar-refractivity contribution in [3.8, 4) is 0 Å². The predicted molar refractivity (Wildman–Crippen MR) is 76.8 cm³/mol. The zero-order chi connectivity index (χ0) is 14.8. The highest BCUT2D eigenvalue weighted by atomic mass is 32.2. The second-order valence-corrected chi connectivity index (χ2v) is 7.03. The minimum atomic E-state index is -3.90. The average molecular weight is 313 g/mol. The van der Waals surface area contributed by atoms with E-state index in [2.05, 4.69) is 13.5 Å². The molecule has 0 radical (unpaired) electrons. The molecule has 0 bridgehead atoms. The monoisotopic (exact) mass is 313 g/mol. The normalized spacial score (nSPS) is 11.9. The zero-order valence-corrected chi connectivity index (χ0v) is 12.8. The number of hydrogen-bond acceptors (Lipinski definition) is 6. The van der Waals surface area contributed by atoms with Crippen molar-refractivity contribution in [2.24, 2.45) is 5.92 Å². The molecule has 0 aliphatic rings. The maximum absolute atomic E-state index is 12.2. The van der Waals surface area contributed by atoms with Crippen LogP contribution in [0.2, 0.25) is 0 Å². The van der Waals surface area contributed by atoms with Crippen LogP contribution >= 0.6 is 11.7 Å².